The number of fused-ring (bicyclic) bond motifs is 1. The molecule has 3 aromatic rings. The van der Waals surface area contributed by atoms with Crippen molar-refractivity contribution in [3.8, 4) is 11.3 Å². The number of hydrogen-bond acceptors (Lipinski definition) is 4. The number of halogens is 1. The number of nitrogens with zero attached hydrogens (tertiary/aromatic N) is 4. The first-order chi connectivity index (χ1) is 14.8. The van der Waals surface area contributed by atoms with Crippen molar-refractivity contribution in [3.05, 3.63) is 46.6 Å². The Labute approximate surface area is 187 Å². The molecule has 0 saturated carbocycles. The third-order valence-electron chi connectivity index (χ3n) is 6.53. The molecule has 31 heavy (non-hydrogen) atoms. The van der Waals surface area contributed by atoms with Crippen LogP contribution >= 0.6 is 11.6 Å². The van der Waals surface area contributed by atoms with Crippen molar-refractivity contribution >= 4 is 29.0 Å². The van der Waals surface area contributed by atoms with E-state index in [2.05, 4.69) is 18.7 Å². The Morgan fingerprint density at radius 2 is 2.00 bits per heavy atom. The third-order valence-corrected chi connectivity index (χ3v) is 6.78. The zero-order chi connectivity index (χ0) is 22.3. The summed E-state index contributed by atoms with van der Waals surface area (Å²) in [5, 5.41) is 15.6. The smallest absolute Gasteiger partial charge is 0.311 e. The molecule has 6 nitrogen and oxygen atoms in total. The lowest BCUT2D eigenvalue weighted by atomic mass is 9.77. The Morgan fingerprint density at radius 3 is 2.61 bits per heavy atom. The molecule has 1 aliphatic rings. The Morgan fingerprint density at radius 1 is 1.29 bits per heavy atom. The Hall–Kier alpha value is -2.60. The normalized spacial score (nSPS) is 19.4. The van der Waals surface area contributed by atoms with Crippen molar-refractivity contribution in [1.82, 2.24) is 14.6 Å². The molecule has 1 N–H and O–H groups in total. The zero-order valence-electron chi connectivity index (χ0n) is 18.5. The van der Waals surface area contributed by atoms with Gasteiger partial charge in [0, 0.05) is 41.0 Å². The number of anilines is 1. The predicted octanol–water partition coefficient (Wildman–Crippen LogP) is 5.56. The molecule has 3 heterocycles. The Bertz CT molecular complexity index is 1120. The van der Waals surface area contributed by atoms with Crippen LogP contribution in [0.25, 0.3) is 16.9 Å². The molecule has 0 amide bonds. The van der Waals surface area contributed by atoms with Gasteiger partial charge < -0.3 is 10.0 Å². The summed E-state index contributed by atoms with van der Waals surface area (Å²) in [6.07, 6.45) is 2.15. The molecular weight excluding hydrogens is 412 g/mol. The SMILES string of the molecule is CCC1(C(=O)O)CCCN(c2c(C(C)C)c(C)nc3cc(-c4ccc(Cl)cc4)nn23)C1. The summed E-state index contributed by atoms with van der Waals surface area (Å²) in [4.78, 5) is 19.2. The number of piperidine rings is 1. The van der Waals surface area contributed by atoms with E-state index in [1.165, 1.54) is 0 Å². The van der Waals surface area contributed by atoms with Gasteiger partial charge in [0.15, 0.2) is 5.65 Å². The highest BCUT2D eigenvalue weighted by Gasteiger charge is 2.42. The zero-order valence-corrected chi connectivity index (χ0v) is 19.3. The molecule has 4 rings (SSSR count). The van der Waals surface area contributed by atoms with Crippen LogP contribution in [0.1, 0.15) is 57.2 Å². The van der Waals surface area contributed by atoms with E-state index in [0.29, 0.717) is 24.4 Å². The van der Waals surface area contributed by atoms with Crippen molar-refractivity contribution in [1.29, 1.82) is 0 Å². The third kappa shape index (κ3) is 3.78. The van der Waals surface area contributed by atoms with E-state index < -0.39 is 11.4 Å². The number of carbonyl (C=O) groups is 1. The first-order valence-corrected chi connectivity index (χ1v) is 11.3. The fraction of sp³-hybridized carbons (Fsp3) is 0.458. The van der Waals surface area contributed by atoms with Crippen molar-refractivity contribution in [2.45, 2.75) is 52.9 Å². The molecule has 1 saturated heterocycles. The summed E-state index contributed by atoms with van der Waals surface area (Å²) >= 11 is 6.05. The highest BCUT2D eigenvalue weighted by molar-refractivity contribution is 6.30. The van der Waals surface area contributed by atoms with Crippen LogP contribution in [-0.2, 0) is 4.79 Å². The fourth-order valence-corrected chi connectivity index (χ4v) is 4.91. The Balaban J connectivity index is 1.90. The van der Waals surface area contributed by atoms with Crippen LogP contribution < -0.4 is 4.90 Å². The van der Waals surface area contributed by atoms with Gasteiger partial charge in [-0.2, -0.15) is 9.61 Å². The Kier molecular flexibility index (Phi) is 5.69. The summed E-state index contributed by atoms with van der Waals surface area (Å²) < 4.78 is 1.90. The highest BCUT2D eigenvalue weighted by atomic mass is 35.5. The topological polar surface area (TPSA) is 70.7 Å². The molecule has 1 aromatic carbocycles. The van der Waals surface area contributed by atoms with Crippen LogP contribution in [0.2, 0.25) is 5.02 Å². The first-order valence-electron chi connectivity index (χ1n) is 10.9. The summed E-state index contributed by atoms with van der Waals surface area (Å²) in [7, 11) is 0. The second-order valence-corrected chi connectivity index (χ2v) is 9.30. The van der Waals surface area contributed by atoms with Crippen LogP contribution in [0.15, 0.2) is 30.3 Å². The minimum Gasteiger partial charge on any atom is -0.481 e. The van der Waals surface area contributed by atoms with Gasteiger partial charge >= 0.3 is 5.97 Å². The number of carboxylic acids is 1. The van der Waals surface area contributed by atoms with Gasteiger partial charge in [-0.25, -0.2) is 4.98 Å². The van der Waals surface area contributed by atoms with Crippen LogP contribution in [0.4, 0.5) is 5.82 Å². The van der Waals surface area contributed by atoms with Gasteiger partial charge in [0.1, 0.15) is 5.82 Å². The van der Waals surface area contributed by atoms with Gasteiger partial charge in [-0.1, -0.05) is 44.5 Å². The molecule has 0 spiro atoms. The standard InChI is InChI=1S/C24H29ClN4O2/c1-5-24(23(30)31)11-6-12-28(14-24)22-21(15(2)3)16(4)26-20-13-19(27-29(20)22)17-7-9-18(25)10-8-17/h7-10,13,15H,5-6,11-12,14H2,1-4H3,(H,30,31). The summed E-state index contributed by atoms with van der Waals surface area (Å²) in [6.45, 7) is 9.59. The monoisotopic (exact) mass is 440 g/mol. The molecule has 164 valence electrons. The average Bonchev–Trinajstić information content (AvgIpc) is 3.16. The van der Waals surface area contributed by atoms with Gasteiger partial charge in [-0.15, -0.1) is 0 Å². The van der Waals surface area contributed by atoms with Crippen LogP contribution in [0, 0.1) is 12.3 Å². The van der Waals surface area contributed by atoms with Crippen molar-refractivity contribution in [2.24, 2.45) is 5.41 Å². The number of benzene rings is 1. The highest BCUT2D eigenvalue weighted by Crippen LogP contribution is 2.39. The fourth-order valence-electron chi connectivity index (χ4n) is 4.78. The predicted molar refractivity (Wildman–Crippen MR) is 124 cm³/mol. The number of aromatic nitrogens is 3. The van der Waals surface area contributed by atoms with E-state index >= 15 is 0 Å². The molecule has 0 aliphatic carbocycles. The lowest BCUT2D eigenvalue weighted by Crippen LogP contribution is -2.48. The van der Waals surface area contributed by atoms with E-state index in [4.69, 9.17) is 21.7 Å². The number of rotatable bonds is 5. The van der Waals surface area contributed by atoms with Gasteiger partial charge in [0.05, 0.1) is 11.1 Å². The van der Waals surface area contributed by atoms with Crippen LogP contribution in [0.3, 0.4) is 0 Å². The lowest BCUT2D eigenvalue weighted by Gasteiger charge is -2.41. The van der Waals surface area contributed by atoms with Gasteiger partial charge in [0.2, 0.25) is 0 Å². The molecular formula is C24H29ClN4O2. The average molecular weight is 441 g/mol. The molecule has 2 aromatic heterocycles. The van der Waals surface area contributed by atoms with Gasteiger partial charge in [-0.05, 0) is 44.2 Å². The maximum Gasteiger partial charge on any atom is 0.311 e. The summed E-state index contributed by atoms with van der Waals surface area (Å²) in [6, 6.07) is 9.60. The molecule has 1 aliphatic heterocycles. The summed E-state index contributed by atoms with van der Waals surface area (Å²) in [5.41, 5.74) is 3.91. The molecule has 1 unspecified atom stereocenters. The second kappa shape index (κ2) is 8.15. The minimum absolute atomic E-state index is 0.234. The lowest BCUT2D eigenvalue weighted by molar-refractivity contribution is -0.149. The minimum atomic E-state index is -0.734. The molecule has 0 radical (unpaired) electrons. The van der Waals surface area contributed by atoms with E-state index in [0.717, 1.165) is 46.9 Å². The van der Waals surface area contributed by atoms with Gasteiger partial charge in [-0.3, -0.25) is 4.79 Å². The van der Waals surface area contributed by atoms with Crippen LogP contribution in [0.5, 0.6) is 0 Å². The summed E-state index contributed by atoms with van der Waals surface area (Å²) in [5.74, 6) is 0.490. The largest absolute Gasteiger partial charge is 0.481 e. The number of aryl methyl sites for hydroxylation is 1. The van der Waals surface area contributed by atoms with E-state index in [1.54, 1.807) is 0 Å². The van der Waals surface area contributed by atoms with Crippen molar-refractivity contribution in [2.75, 3.05) is 18.0 Å². The van der Waals surface area contributed by atoms with Crippen LogP contribution in [-0.4, -0.2) is 38.8 Å². The van der Waals surface area contributed by atoms with Crippen molar-refractivity contribution < 1.29 is 9.90 Å². The van der Waals surface area contributed by atoms with Crippen molar-refractivity contribution in [3.63, 3.8) is 0 Å². The molecule has 0 bridgehead atoms. The molecule has 1 fully saturated rings. The van der Waals surface area contributed by atoms with E-state index in [-0.39, 0.29) is 5.92 Å². The number of hydrogen-bond donors (Lipinski definition) is 1. The molecule has 1 atom stereocenters. The second-order valence-electron chi connectivity index (χ2n) is 8.86. The van der Waals surface area contributed by atoms with E-state index in [1.807, 2.05) is 48.7 Å². The van der Waals surface area contributed by atoms with Gasteiger partial charge in [0.25, 0.3) is 0 Å². The number of aliphatic carboxylic acids is 1. The maximum absolute atomic E-state index is 12.2. The first kappa shape index (κ1) is 21.6. The van der Waals surface area contributed by atoms with E-state index in [9.17, 15) is 9.90 Å². The number of carboxylic acid groups (broad SMARTS) is 1. The quantitative estimate of drug-likeness (QED) is 0.562. The molecule has 7 heteroatoms. The maximum atomic E-state index is 12.2.